The van der Waals surface area contributed by atoms with Crippen molar-refractivity contribution >= 4 is 15.0 Å². The van der Waals surface area contributed by atoms with Gasteiger partial charge in [-0.2, -0.15) is 0 Å². The van der Waals surface area contributed by atoms with Crippen LogP contribution in [0.15, 0.2) is 0 Å². The zero-order valence-corrected chi connectivity index (χ0v) is 4.73. The quantitative estimate of drug-likeness (QED) is 0.312. The third kappa shape index (κ3) is 27.4. The zero-order valence-electron chi connectivity index (χ0n) is 2.31. The van der Waals surface area contributed by atoms with E-state index in [2.05, 4.69) is 0 Å². The molecule has 0 rings (SSSR count). The molecule has 0 spiro atoms. The van der Waals surface area contributed by atoms with Gasteiger partial charge in [-0.15, -0.1) is 0 Å². The van der Waals surface area contributed by atoms with Gasteiger partial charge in [0.05, 0.1) is 0 Å². The third-order valence-electron chi connectivity index (χ3n) is 0. The van der Waals surface area contributed by atoms with E-state index in [4.69, 9.17) is 14.1 Å². The van der Waals surface area contributed by atoms with Crippen molar-refractivity contribution < 1.29 is 0 Å². The SMILES string of the molecule is [NH2][GeH]([NH2])[NH2]. The summed E-state index contributed by atoms with van der Waals surface area (Å²) in [7, 11) is 0. The van der Waals surface area contributed by atoms with Gasteiger partial charge in [0.25, 0.3) is 0 Å². The van der Waals surface area contributed by atoms with Gasteiger partial charge < -0.3 is 0 Å². The zero-order chi connectivity index (χ0) is 3.58. The summed E-state index contributed by atoms with van der Waals surface area (Å²) in [5.74, 6) is 0. The molecule has 0 aromatic carbocycles. The molecule has 6 N–H and O–H groups in total. The Morgan fingerprint density at radius 2 is 1.00 bits per heavy atom. The van der Waals surface area contributed by atoms with E-state index in [1.165, 1.54) is 0 Å². The van der Waals surface area contributed by atoms with Crippen molar-refractivity contribution in [1.82, 2.24) is 0 Å². The van der Waals surface area contributed by atoms with Crippen molar-refractivity contribution in [2.45, 2.75) is 0 Å². The van der Waals surface area contributed by atoms with E-state index in [9.17, 15) is 0 Å². The first-order valence-corrected chi connectivity index (χ1v) is 5.20. The summed E-state index contributed by atoms with van der Waals surface area (Å²) in [6.07, 6.45) is 0. The molecule has 0 fully saturated rings. The molecule has 0 radical (unpaired) electrons. The molecule has 26 valence electrons. The summed E-state index contributed by atoms with van der Waals surface area (Å²) in [6.45, 7) is 0. The van der Waals surface area contributed by atoms with Crippen LogP contribution in [0.1, 0.15) is 0 Å². The Bertz CT molecular complexity index is 8.00. The van der Waals surface area contributed by atoms with Crippen LogP contribution in [0.5, 0.6) is 0 Å². The Hall–Kier alpha value is 0.423. The molecule has 0 atom stereocenters. The van der Waals surface area contributed by atoms with Crippen LogP contribution in [0.4, 0.5) is 0 Å². The van der Waals surface area contributed by atoms with Gasteiger partial charge in [-0.25, -0.2) is 0 Å². The molecule has 0 aliphatic rings. The molecule has 0 heterocycles. The second kappa shape index (κ2) is 1.72. The number of hydrogen-bond donors (Lipinski definition) is 3. The minimum atomic E-state index is -1.98. The monoisotopic (exact) mass is 123 g/mol. The van der Waals surface area contributed by atoms with Crippen LogP contribution in [0, 0.1) is 0 Å². The fourth-order valence-corrected chi connectivity index (χ4v) is 0. The van der Waals surface area contributed by atoms with Gasteiger partial charge in [0.2, 0.25) is 0 Å². The van der Waals surface area contributed by atoms with Crippen LogP contribution in [0.2, 0.25) is 0 Å². The number of nitrogens with two attached hydrogens (primary N) is 3. The summed E-state index contributed by atoms with van der Waals surface area (Å²) >= 11 is -1.98. The fourth-order valence-electron chi connectivity index (χ4n) is 0. The van der Waals surface area contributed by atoms with E-state index in [0.29, 0.717) is 0 Å². The van der Waals surface area contributed by atoms with Gasteiger partial charge in [-0.3, -0.25) is 0 Å². The van der Waals surface area contributed by atoms with Crippen LogP contribution in [0.25, 0.3) is 0 Å². The second-order valence-corrected chi connectivity index (χ2v) is 3.00. The first-order valence-electron chi connectivity index (χ1n) is 1.00. The number of rotatable bonds is 0. The van der Waals surface area contributed by atoms with Crippen LogP contribution < -0.4 is 14.1 Å². The van der Waals surface area contributed by atoms with Crippen LogP contribution in [-0.4, -0.2) is 15.0 Å². The molecular weight excluding hydrogens is 115 g/mol. The molecule has 3 nitrogen and oxygen atoms in total. The summed E-state index contributed by atoms with van der Waals surface area (Å²) in [5, 5.41) is 0. The fraction of sp³-hybridized carbons (Fsp3) is 0. The van der Waals surface area contributed by atoms with Crippen molar-refractivity contribution in [1.29, 1.82) is 0 Å². The van der Waals surface area contributed by atoms with Crippen molar-refractivity contribution in [2.24, 2.45) is 14.1 Å². The van der Waals surface area contributed by atoms with Gasteiger partial charge in [-0.05, 0) is 0 Å². The van der Waals surface area contributed by atoms with E-state index in [1.54, 1.807) is 0 Å². The molecule has 0 aliphatic carbocycles. The Balaban J connectivity index is 2.32. The minimum absolute atomic E-state index is 1.98. The van der Waals surface area contributed by atoms with E-state index in [0.717, 1.165) is 0 Å². The number of hydrogen-bond acceptors (Lipinski definition) is 3. The molecule has 0 bridgehead atoms. The molecule has 0 amide bonds. The van der Waals surface area contributed by atoms with Gasteiger partial charge in [0.15, 0.2) is 0 Å². The van der Waals surface area contributed by atoms with E-state index in [1.807, 2.05) is 0 Å². The molecule has 0 aliphatic heterocycles. The molecule has 0 aromatic heterocycles. The van der Waals surface area contributed by atoms with Crippen molar-refractivity contribution in [3.05, 3.63) is 0 Å². The molecule has 0 aromatic rings. The Labute approximate surface area is 29.9 Å². The summed E-state index contributed by atoms with van der Waals surface area (Å²) in [5.41, 5.74) is 0. The third-order valence-corrected chi connectivity index (χ3v) is 0. The molecule has 0 saturated carbocycles. The summed E-state index contributed by atoms with van der Waals surface area (Å²) < 4.78 is 14.6. The standard InChI is InChI=1S/GeH7N3/c2-1(3)4/h1H,2-4H2. The van der Waals surface area contributed by atoms with Gasteiger partial charge in [0.1, 0.15) is 0 Å². The van der Waals surface area contributed by atoms with E-state index < -0.39 is 15.0 Å². The molecular formula is H7GeN3. The summed E-state index contributed by atoms with van der Waals surface area (Å²) in [4.78, 5) is 0. The van der Waals surface area contributed by atoms with Crippen LogP contribution >= 0.6 is 0 Å². The van der Waals surface area contributed by atoms with Crippen molar-refractivity contribution in [3.8, 4) is 0 Å². The van der Waals surface area contributed by atoms with Crippen LogP contribution in [-0.2, 0) is 0 Å². The maximum atomic E-state index is 4.85. The van der Waals surface area contributed by atoms with Gasteiger partial charge in [0, 0.05) is 0 Å². The topological polar surface area (TPSA) is 78.1 Å². The van der Waals surface area contributed by atoms with E-state index >= 15 is 0 Å². The maximum absolute atomic E-state index is 4.85. The molecule has 0 saturated heterocycles. The van der Waals surface area contributed by atoms with Crippen molar-refractivity contribution in [2.75, 3.05) is 0 Å². The summed E-state index contributed by atoms with van der Waals surface area (Å²) in [6, 6.07) is 0. The van der Waals surface area contributed by atoms with E-state index in [-0.39, 0.29) is 0 Å². The van der Waals surface area contributed by atoms with Crippen LogP contribution in [0.3, 0.4) is 0 Å². The molecule has 0 unspecified atom stereocenters. The Kier molecular flexibility index (Phi) is 1.90. The second-order valence-electron chi connectivity index (χ2n) is 0.577. The molecule has 4 heteroatoms. The predicted octanol–water partition coefficient (Wildman–Crippen LogP) is -2.42. The first-order chi connectivity index (χ1) is 1.73. The Morgan fingerprint density at radius 3 is 1.00 bits per heavy atom. The van der Waals surface area contributed by atoms with Crippen molar-refractivity contribution in [3.63, 3.8) is 0 Å². The average Bonchev–Trinajstić information content (AvgIpc) is 0.811. The molecule has 4 heavy (non-hydrogen) atoms. The normalized spacial score (nSPS) is 9.00. The first kappa shape index (κ1) is 4.42. The van der Waals surface area contributed by atoms with Gasteiger partial charge >= 0.3 is 29.1 Å². The van der Waals surface area contributed by atoms with Gasteiger partial charge in [-0.1, -0.05) is 0 Å². The predicted molar refractivity (Wildman–Crippen MR) is 19.7 cm³/mol. The Morgan fingerprint density at radius 1 is 1.00 bits per heavy atom. The average molecular weight is 122 g/mol.